The number of aromatic nitrogens is 1. The third-order valence-electron chi connectivity index (χ3n) is 1.99. The van der Waals surface area contributed by atoms with Gasteiger partial charge in [-0.15, -0.1) is 0 Å². The molecule has 0 aliphatic rings. The summed E-state index contributed by atoms with van der Waals surface area (Å²) in [4.78, 5) is 0. The normalized spacial score (nSPS) is 13.7. The molecule has 2 N–H and O–H groups in total. The van der Waals surface area contributed by atoms with E-state index in [0.717, 1.165) is 5.69 Å². The van der Waals surface area contributed by atoms with Crippen LogP contribution in [0.4, 0.5) is 0 Å². The summed E-state index contributed by atoms with van der Waals surface area (Å²) in [6.45, 7) is 5.35. The van der Waals surface area contributed by atoms with E-state index in [2.05, 4.69) is 5.16 Å². The van der Waals surface area contributed by atoms with Gasteiger partial charge in [0.05, 0.1) is 12.3 Å². The molecule has 0 aliphatic carbocycles. The van der Waals surface area contributed by atoms with E-state index in [-0.39, 0.29) is 12.5 Å². The van der Waals surface area contributed by atoms with Crippen molar-refractivity contribution in [1.82, 2.24) is 5.16 Å². The molecule has 1 heterocycles. The number of rotatable bonds is 3. The lowest BCUT2D eigenvalue weighted by atomic mass is 10.0. The Morgan fingerprint density at radius 3 is 2.54 bits per heavy atom. The zero-order chi connectivity index (χ0) is 10.0. The Bertz CT molecular complexity index is 280. The third-order valence-corrected chi connectivity index (χ3v) is 1.99. The Hall–Kier alpha value is -0.870. The van der Waals surface area contributed by atoms with Crippen LogP contribution < -0.4 is 0 Å². The van der Waals surface area contributed by atoms with Gasteiger partial charge in [-0.1, -0.05) is 19.0 Å². The fourth-order valence-electron chi connectivity index (χ4n) is 1.31. The van der Waals surface area contributed by atoms with E-state index in [1.807, 2.05) is 13.8 Å². The summed E-state index contributed by atoms with van der Waals surface area (Å²) in [5.74, 6) is 0.763. The molecule has 74 valence electrons. The molecule has 0 aliphatic heterocycles. The average molecular weight is 185 g/mol. The Morgan fingerprint density at radius 1 is 1.46 bits per heavy atom. The summed E-state index contributed by atoms with van der Waals surface area (Å²) in [5, 5.41) is 22.1. The highest BCUT2D eigenvalue weighted by atomic mass is 16.5. The van der Waals surface area contributed by atoms with E-state index in [1.165, 1.54) is 0 Å². The van der Waals surface area contributed by atoms with E-state index in [4.69, 9.17) is 9.63 Å². The summed E-state index contributed by atoms with van der Waals surface area (Å²) < 4.78 is 4.96. The van der Waals surface area contributed by atoms with Crippen LogP contribution in [0.3, 0.4) is 0 Å². The van der Waals surface area contributed by atoms with Gasteiger partial charge >= 0.3 is 0 Å². The third kappa shape index (κ3) is 1.89. The fourth-order valence-corrected chi connectivity index (χ4v) is 1.31. The summed E-state index contributed by atoms with van der Waals surface area (Å²) in [5.41, 5.74) is 1.34. The van der Waals surface area contributed by atoms with Crippen molar-refractivity contribution < 1.29 is 14.7 Å². The minimum atomic E-state index is -0.886. The highest BCUT2D eigenvalue weighted by Gasteiger charge is 2.21. The maximum absolute atomic E-state index is 9.48. The topological polar surface area (TPSA) is 66.5 Å². The second-order valence-corrected chi connectivity index (χ2v) is 3.39. The molecule has 0 spiro atoms. The van der Waals surface area contributed by atoms with Crippen LogP contribution in [-0.4, -0.2) is 22.0 Å². The number of hydrogen-bond donors (Lipinski definition) is 2. The molecule has 1 rings (SSSR count). The first-order chi connectivity index (χ1) is 6.07. The number of aliphatic hydroxyl groups is 2. The molecule has 13 heavy (non-hydrogen) atoms. The van der Waals surface area contributed by atoms with Crippen molar-refractivity contribution in [2.24, 2.45) is 0 Å². The van der Waals surface area contributed by atoms with Crippen LogP contribution in [0.1, 0.15) is 42.9 Å². The van der Waals surface area contributed by atoms with Crippen LogP contribution in [0.25, 0.3) is 0 Å². The molecule has 4 nitrogen and oxygen atoms in total. The van der Waals surface area contributed by atoms with Gasteiger partial charge in [0.2, 0.25) is 0 Å². The van der Waals surface area contributed by atoms with Crippen molar-refractivity contribution in [2.75, 3.05) is 6.61 Å². The quantitative estimate of drug-likeness (QED) is 0.740. The maximum atomic E-state index is 9.48. The second kappa shape index (κ2) is 3.89. The lowest BCUT2D eigenvalue weighted by Crippen LogP contribution is -2.07. The Kier molecular flexibility index (Phi) is 3.06. The first kappa shape index (κ1) is 10.2. The van der Waals surface area contributed by atoms with Crippen LogP contribution >= 0.6 is 0 Å². The molecule has 1 atom stereocenters. The second-order valence-electron chi connectivity index (χ2n) is 3.39. The van der Waals surface area contributed by atoms with Gasteiger partial charge in [0.15, 0.2) is 0 Å². The highest BCUT2D eigenvalue weighted by molar-refractivity contribution is 5.27. The van der Waals surface area contributed by atoms with Crippen LogP contribution in [0.5, 0.6) is 0 Å². The molecule has 0 aromatic carbocycles. The van der Waals surface area contributed by atoms with Gasteiger partial charge in [0, 0.05) is 5.56 Å². The van der Waals surface area contributed by atoms with Gasteiger partial charge in [0.25, 0.3) is 0 Å². The summed E-state index contributed by atoms with van der Waals surface area (Å²) in [7, 11) is 0. The van der Waals surface area contributed by atoms with Gasteiger partial charge in [-0.2, -0.15) is 0 Å². The van der Waals surface area contributed by atoms with Crippen LogP contribution in [-0.2, 0) is 0 Å². The van der Waals surface area contributed by atoms with Crippen LogP contribution in [0.15, 0.2) is 4.52 Å². The summed E-state index contributed by atoms with van der Waals surface area (Å²) >= 11 is 0. The molecule has 0 saturated carbocycles. The predicted octanol–water partition coefficient (Wildman–Crippen LogP) is 1.13. The van der Waals surface area contributed by atoms with Gasteiger partial charge in [-0.3, -0.25) is 0 Å². The summed E-state index contributed by atoms with van der Waals surface area (Å²) in [6.07, 6.45) is -0.886. The monoisotopic (exact) mass is 185 g/mol. The molecule has 0 saturated heterocycles. The summed E-state index contributed by atoms with van der Waals surface area (Å²) in [6, 6.07) is 0. The number of nitrogens with zero attached hydrogens (tertiary/aromatic N) is 1. The largest absolute Gasteiger partial charge is 0.393 e. The van der Waals surface area contributed by atoms with Crippen molar-refractivity contribution in [2.45, 2.75) is 32.8 Å². The number of aryl methyl sites for hydroxylation is 1. The van der Waals surface area contributed by atoms with Crippen molar-refractivity contribution in [1.29, 1.82) is 0 Å². The minimum Gasteiger partial charge on any atom is -0.393 e. The molecule has 4 heteroatoms. The standard InChI is InChI=1S/C9H15NO3/c1-5(2)9-8(7(12)4-11)6(3)13-10-9/h5,7,11-12H,4H2,1-3H3. The molecule has 1 aromatic rings. The van der Waals surface area contributed by atoms with Crippen LogP contribution in [0, 0.1) is 6.92 Å². The molecule has 0 bridgehead atoms. The molecule has 0 amide bonds. The van der Waals surface area contributed by atoms with E-state index >= 15 is 0 Å². The van der Waals surface area contributed by atoms with Gasteiger partial charge in [-0.25, -0.2) is 0 Å². The Labute approximate surface area is 77.2 Å². The Balaban J connectivity index is 3.08. The molecule has 0 radical (unpaired) electrons. The van der Waals surface area contributed by atoms with E-state index in [0.29, 0.717) is 11.3 Å². The van der Waals surface area contributed by atoms with E-state index in [1.54, 1.807) is 6.92 Å². The Morgan fingerprint density at radius 2 is 2.08 bits per heavy atom. The molecular weight excluding hydrogens is 170 g/mol. The van der Waals surface area contributed by atoms with Crippen molar-refractivity contribution in [3.8, 4) is 0 Å². The zero-order valence-electron chi connectivity index (χ0n) is 8.11. The fraction of sp³-hybridized carbons (Fsp3) is 0.667. The SMILES string of the molecule is Cc1onc(C(C)C)c1C(O)CO. The molecular formula is C9H15NO3. The van der Waals surface area contributed by atoms with Gasteiger partial charge < -0.3 is 14.7 Å². The van der Waals surface area contributed by atoms with Gasteiger partial charge in [-0.05, 0) is 12.8 Å². The molecule has 1 aromatic heterocycles. The van der Waals surface area contributed by atoms with E-state index < -0.39 is 6.10 Å². The van der Waals surface area contributed by atoms with Crippen molar-refractivity contribution in [3.63, 3.8) is 0 Å². The minimum absolute atomic E-state index is 0.189. The molecule has 0 fully saturated rings. The first-order valence-electron chi connectivity index (χ1n) is 4.33. The van der Waals surface area contributed by atoms with Crippen LogP contribution in [0.2, 0.25) is 0 Å². The first-order valence-corrected chi connectivity index (χ1v) is 4.33. The zero-order valence-corrected chi connectivity index (χ0v) is 8.11. The van der Waals surface area contributed by atoms with E-state index in [9.17, 15) is 5.11 Å². The predicted molar refractivity (Wildman–Crippen MR) is 47.4 cm³/mol. The highest BCUT2D eigenvalue weighted by Crippen LogP contribution is 2.26. The number of aliphatic hydroxyl groups excluding tert-OH is 2. The molecule has 1 unspecified atom stereocenters. The smallest absolute Gasteiger partial charge is 0.139 e. The maximum Gasteiger partial charge on any atom is 0.139 e. The van der Waals surface area contributed by atoms with Crippen molar-refractivity contribution in [3.05, 3.63) is 17.0 Å². The van der Waals surface area contributed by atoms with Crippen molar-refractivity contribution >= 4 is 0 Å². The lowest BCUT2D eigenvalue weighted by molar-refractivity contribution is 0.0936. The average Bonchev–Trinajstić information content (AvgIpc) is 2.46. The van der Waals surface area contributed by atoms with Gasteiger partial charge in [0.1, 0.15) is 11.9 Å². The lowest BCUT2D eigenvalue weighted by Gasteiger charge is -2.09. The number of hydrogen-bond acceptors (Lipinski definition) is 4.